The van der Waals surface area contributed by atoms with Crippen LogP contribution < -0.4 is 0 Å². The Hall–Kier alpha value is -2.41. The molecule has 4 nitrogen and oxygen atoms in total. The van der Waals surface area contributed by atoms with Gasteiger partial charge in [0.1, 0.15) is 17.0 Å². The first kappa shape index (κ1) is 20.3. The molecule has 0 saturated carbocycles. The second-order valence-electron chi connectivity index (χ2n) is 6.87. The van der Waals surface area contributed by atoms with Crippen LogP contribution in [0.15, 0.2) is 48.5 Å². The number of nitrogens with zero attached hydrogens (tertiary/aromatic N) is 2. The van der Waals surface area contributed by atoms with Gasteiger partial charge in [0.2, 0.25) is 5.91 Å². The Kier molecular flexibility index (Phi) is 6.34. The Morgan fingerprint density at radius 2 is 1.96 bits per heavy atom. The first-order valence-electron chi connectivity index (χ1n) is 9.10. The Morgan fingerprint density at radius 3 is 2.64 bits per heavy atom. The molecule has 2 aromatic carbocycles. The zero-order valence-electron chi connectivity index (χ0n) is 15.8. The Balaban J connectivity index is 1.76. The van der Waals surface area contributed by atoms with Gasteiger partial charge in [-0.2, -0.15) is 0 Å². The number of hydrogen-bond acceptors (Lipinski definition) is 3. The second-order valence-corrected chi connectivity index (χ2v) is 7.94. The first-order chi connectivity index (χ1) is 13.4. The van der Waals surface area contributed by atoms with Gasteiger partial charge in [-0.1, -0.05) is 24.3 Å². The molecule has 0 bridgehead atoms. The van der Waals surface area contributed by atoms with Crippen molar-refractivity contribution < 1.29 is 18.4 Å². The van der Waals surface area contributed by atoms with Crippen LogP contribution in [0.1, 0.15) is 35.1 Å². The van der Waals surface area contributed by atoms with Crippen LogP contribution in [0.4, 0.5) is 8.78 Å². The highest BCUT2D eigenvalue weighted by Crippen LogP contribution is 2.39. The lowest BCUT2D eigenvalue weighted by Gasteiger charge is -2.31. The van der Waals surface area contributed by atoms with Gasteiger partial charge in [0.15, 0.2) is 0 Å². The van der Waals surface area contributed by atoms with Gasteiger partial charge in [-0.15, -0.1) is 11.8 Å². The molecule has 2 amide bonds. The third-order valence-electron chi connectivity index (χ3n) is 4.68. The van der Waals surface area contributed by atoms with E-state index < -0.39 is 11.2 Å². The number of carbonyl (C=O) groups excluding carboxylic acids is 2. The minimum atomic E-state index is -0.472. The van der Waals surface area contributed by atoms with E-state index in [1.54, 1.807) is 34.1 Å². The van der Waals surface area contributed by atoms with E-state index in [2.05, 4.69) is 0 Å². The molecular weight excluding hydrogens is 382 g/mol. The van der Waals surface area contributed by atoms with Crippen LogP contribution in [0.3, 0.4) is 0 Å². The zero-order valence-corrected chi connectivity index (χ0v) is 16.6. The molecule has 0 radical (unpaired) electrons. The molecule has 1 saturated heterocycles. The standard InChI is InChI=1S/C21H22F2N2O2S/c1-14(2)24(20(27)15-6-5-7-16(22)12-15)10-11-25-19(26)13-28-21(25)17-8-3-4-9-18(17)23/h3-9,12,14,21H,10-11,13H2,1-2H3/t21-/m1/s1. The van der Waals surface area contributed by atoms with Crippen molar-refractivity contribution in [3.05, 3.63) is 71.3 Å². The molecule has 0 aliphatic carbocycles. The monoisotopic (exact) mass is 404 g/mol. The number of rotatable bonds is 6. The van der Waals surface area contributed by atoms with Crippen LogP contribution in [-0.2, 0) is 4.79 Å². The fraction of sp³-hybridized carbons (Fsp3) is 0.333. The van der Waals surface area contributed by atoms with Gasteiger partial charge < -0.3 is 9.80 Å². The van der Waals surface area contributed by atoms with Crippen LogP contribution in [-0.4, -0.2) is 46.5 Å². The van der Waals surface area contributed by atoms with Gasteiger partial charge in [0, 0.05) is 30.3 Å². The SMILES string of the molecule is CC(C)N(CCN1C(=O)CS[C@@H]1c1ccccc1F)C(=O)c1cccc(F)c1. The molecule has 2 aromatic rings. The third-order valence-corrected chi connectivity index (χ3v) is 5.91. The smallest absolute Gasteiger partial charge is 0.254 e. The van der Waals surface area contributed by atoms with E-state index in [4.69, 9.17) is 0 Å². The van der Waals surface area contributed by atoms with E-state index >= 15 is 0 Å². The molecule has 1 fully saturated rings. The molecule has 28 heavy (non-hydrogen) atoms. The number of hydrogen-bond donors (Lipinski definition) is 0. The number of carbonyl (C=O) groups is 2. The highest BCUT2D eigenvalue weighted by atomic mass is 32.2. The summed E-state index contributed by atoms with van der Waals surface area (Å²) in [6.07, 6.45) is 0. The lowest BCUT2D eigenvalue weighted by Crippen LogP contribution is -2.43. The van der Waals surface area contributed by atoms with Crippen molar-refractivity contribution in [1.29, 1.82) is 0 Å². The van der Waals surface area contributed by atoms with Crippen molar-refractivity contribution in [3.63, 3.8) is 0 Å². The van der Waals surface area contributed by atoms with E-state index in [9.17, 15) is 18.4 Å². The summed E-state index contributed by atoms with van der Waals surface area (Å²) in [7, 11) is 0. The van der Waals surface area contributed by atoms with Crippen molar-refractivity contribution in [2.45, 2.75) is 25.3 Å². The maximum atomic E-state index is 14.2. The molecule has 0 spiro atoms. The normalized spacial score (nSPS) is 16.7. The lowest BCUT2D eigenvalue weighted by molar-refractivity contribution is -0.128. The number of halogens is 2. The van der Waals surface area contributed by atoms with Gasteiger partial charge >= 0.3 is 0 Å². The quantitative estimate of drug-likeness (QED) is 0.728. The number of thioether (sulfide) groups is 1. The van der Waals surface area contributed by atoms with Gasteiger partial charge in [0.25, 0.3) is 5.91 Å². The summed E-state index contributed by atoms with van der Waals surface area (Å²) in [5.74, 6) is -0.925. The highest BCUT2D eigenvalue weighted by molar-refractivity contribution is 8.00. The van der Waals surface area contributed by atoms with Crippen molar-refractivity contribution >= 4 is 23.6 Å². The van der Waals surface area contributed by atoms with Crippen molar-refractivity contribution in [2.24, 2.45) is 0 Å². The van der Waals surface area contributed by atoms with E-state index in [-0.39, 0.29) is 48.1 Å². The zero-order chi connectivity index (χ0) is 20.3. The van der Waals surface area contributed by atoms with E-state index in [1.165, 1.54) is 36.0 Å². The predicted octanol–water partition coefficient (Wildman–Crippen LogP) is 4.09. The van der Waals surface area contributed by atoms with Crippen LogP contribution in [0.2, 0.25) is 0 Å². The van der Waals surface area contributed by atoms with Crippen LogP contribution in [0.5, 0.6) is 0 Å². The third kappa shape index (κ3) is 4.35. The molecular formula is C21H22F2N2O2S. The Morgan fingerprint density at radius 1 is 1.21 bits per heavy atom. The van der Waals surface area contributed by atoms with Gasteiger partial charge in [-0.05, 0) is 38.1 Å². The maximum absolute atomic E-state index is 14.2. The minimum absolute atomic E-state index is 0.0832. The van der Waals surface area contributed by atoms with Crippen LogP contribution >= 0.6 is 11.8 Å². The molecule has 0 N–H and O–H groups in total. The molecule has 7 heteroatoms. The van der Waals surface area contributed by atoms with Crippen molar-refractivity contribution in [2.75, 3.05) is 18.8 Å². The summed E-state index contributed by atoms with van der Waals surface area (Å²) >= 11 is 1.38. The van der Waals surface area contributed by atoms with E-state index in [0.717, 1.165) is 0 Å². The first-order valence-corrected chi connectivity index (χ1v) is 10.2. The number of amides is 2. The van der Waals surface area contributed by atoms with Crippen molar-refractivity contribution in [1.82, 2.24) is 9.80 Å². The largest absolute Gasteiger partial charge is 0.334 e. The van der Waals surface area contributed by atoms with E-state index in [1.807, 2.05) is 13.8 Å². The fourth-order valence-electron chi connectivity index (χ4n) is 3.23. The predicted molar refractivity (Wildman–Crippen MR) is 106 cm³/mol. The highest BCUT2D eigenvalue weighted by Gasteiger charge is 2.34. The lowest BCUT2D eigenvalue weighted by atomic mass is 10.1. The fourth-order valence-corrected chi connectivity index (χ4v) is 4.47. The van der Waals surface area contributed by atoms with Crippen molar-refractivity contribution in [3.8, 4) is 0 Å². The molecule has 1 heterocycles. The van der Waals surface area contributed by atoms with Crippen LogP contribution in [0, 0.1) is 11.6 Å². The summed E-state index contributed by atoms with van der Waals surface area (Å²) in [4.78, 5) is 28.4. The minimum Gasteiger partial charge on any atom is -0.334 e. The Labute approximate surface area is 167 Å². The molecule has 148 valence electrons. The molecule has 3 rings (SSSR count). The summed E-state index contributed by atoms with van der Waals surface area (Å²) < 4.78 is 27.7. The molecule has 1 aliphatic heterocycles. The summed E-state index contributed by atoms with van der Waals surface area (Å²) in [5, 5.41) is -0.410. The van der Waals surface area contributed by atoms with Gasteiger partial charge in [-0.3, -0.25) is 9.59 Å². The maximum Gasteiger partial charge on any atom is 0.254 e. The van der Waals surface area contributed by atoms with Gasteiger partial charge in [0.05, 0.1) is 5.75 Å². The van der Waals surface area contributed by atoms with Gasteiger partial charge in [-0.25, -0.2) is 8.78 Å². The van der Waals surface area contributed by atoms with E-state index in [0.29, 0.717) is 5.56 Å². The summed E-state index contributed by atoms with van der Waals surface area (Å²) in [5.41, 5.74) is 0.729. The Bertz CT molecular complexity index is 875. The average Bonchev–Trinajstić information content (AvgIpc) is 3.02. The molecule has 0 unspecified atom stereocenters. The topological polar surface area (TPSA) is 40.6 Å². The molecule has 1 atom stereocenters. The second kappa shape index (κ2) is 8.73. The summed E-state index contributed by atoms with van der Waals surface area (Å²) in [6.45, 7) is 4.30. The number of benzene rings is 2. The molecule has 1 aliphatic rings. The average molecular weight is 404 g/mol. The van der Waals surface area contributed by atoms with Crippen LogP contribution in [0.25, 0.3) is 0 Å². The summed E-state index contributed by atoms with van der Waals surface area (Å²) in [6, 6.07) is 11.8. The molecule has 0 aromatic heterocycles.